The average Bonchev–Trinajstić information content (AvgIpc) is 2.68. The molecule has 0 bridgehead atoms. The normalized spacial score (nSPS) is 13.0. The van der Waals surface area contributed by atoms with Crippen molar-refractivity contribution in [2.45, 2.75) is 4.90 Å². The van der Waals surface area contributed by atoms with Crippen LogP contribution in [0.4, 0.5) is 22.0 Å². The van der Waals surface area contributed by atoms with E-state index < -0.39 is 44.1 Å². The predicted molar refractivity (Wildman–Crippen MR) is 91.8 cm³/mol. The average molecular weight is 445 g/mol. The van der Waals surface area contributed by atoms with Gasteiger partial charge >= 0.3 is 10.1 Å². The summed E-state index contributed by atoms with van der Waals surface area (Å²) in [6, 6.07) is 10.9. The zero-order valence-electron chi connectivity index (χ0n) is 14.3. The minimum absolute atomic E-state index is 0.315. The summed E-state index contributed by atoms with van der Waals surface area (Å²) in [7, 11) is -5.52. The number of hydrogen-bond acceptors (Lipinski definition) is 4. The molecular formula is C18H8F5NO5S. The minimum Gasteiger partial charge on any atom is -0.288 e. The third-order valence-corrected chi connectivity index (χ3v) is 4.92. The van der Waals surface area contributed by atoms with E-state index in [1.807, 2.05) is 24.3 Å². The van der Waals surface area contributed by atoms with Crippen LogP contribution in [0.1, 0.15) is 20.7 Å². The first kappa shape index (κ1) is 21.3. The maximum absolute atomic E-state index is 12.6. The molecule has 1 aliphatic heterocycles. The molecule has 12 heteroatoms. The topological polar surface area (TPSA) is 101 Å². The molecule has 0 spiro atoms. The first-order chi connectivity index (χ1) is 13.9. The van der Waals surface area contributed by atoms with Crippen molar-refractivity contribution in [1.82, 2.24) is 5.32 Å². The van der Waals surface area contributed by atoms with Gasteiger partial charge < -0.3 is 0 Å². The van der Waals surface area contributed by atoms with E-state index in [1.54, 1.807) is 12.1 Å². The van der Waals surface area contributed by atoms with E-state index in [0.717, 1.165) is 10.8 Å². The highest BCUT2D eigenvalue weighted by atomic mass is 32.2. The molecule has 0 aromatic heterocycles. The molecule has 6 nitrogen and oxygen atoms in total. The number of imide groups is 1. The van der Waals surface area contributed by atoms with Gasteiger partial charge in [-0.3, -0.25) is 19.5 Å². The van der Waals surface area contributed by atoms with Gasteiger partial charge in [-0.1, -0.05) is 24.3 Å². The lowest BCUT2D eigenvalue weighted by Gasteiger charge is -2.15. The number of carbonyl (C=O) groups is 2. The molecule has 1 aliphatic rings. The summed E-state index contributed by atoms with van der Waals surface area (Å²) in [6.07, 6.45) is 0. The van der Waals surface area contributed by atoms with Crippen molar-refractivity contribution in [2.75, 3.05) is 0 Å². The fourth-order valence-electron chi connectivity index (χ4n) is 2.77. The van der Waals surface area contributed by atoms with Crippen molar-refractivity contribution < 1.29 is 44.5 Å². The number of amides is 2. The summed E-state index contributed by atoms with van der Waals surface area (Å²) in [4.78, 5) is 20.8. The second-order valence-electron chi connectivity index (χ2n) is 5.87. The number of hydrogen-bond donors (Lipinski definition) is 2. The van der Waals surface area contributed by atoms with E-state index >= 15 is 0 Å². The summed E-state index contributed by atoms with van der Waals surface area (Å²) in [6.45, 7) is 0. The minimum atomic E-state index is -5.52. The maximum atomic E-state index is 12.6. The molecule has 0 saturated heterocycles. The molecule has 2 N–H and O–H groups in total. The van der Waals surface area contributed by atoms with Crippen LogP contribution in [0, 0.1) is 29.1 Å². The smallest absolute Gasteiger partial charge is 0.288 e. The predicted octanol–water partition coefficient (Wildman–Crippen LogP) is 3.35. The lowest BCUT2D eigenvalue weighted by Crippen LogP contribution is -2.34. The van der Waals surface area contributed by atoms with Gasteiger partial charge in [-0.05, 0) is 17.5 Å². The largest absolute Gasteiger partial charge is 0.300 e. The van der Waals surface area contributed by atoms with Crippen LogP contribution in [0.2, 0.25) is 0 Å². The Balaban J connectivity index is 0.000000171. The van der Waals surface area contributed by atoms with Gasteiger partial charge in [0, 0.05) is 16.5 Å². The Kier molecular flexibility index (Phi) is 5.31. The van der Waals surface area contributed by atoms with Gasteiger partial charge in [-0.15, -0.1) is 0 Å². The monoisotopic (exact) mass is 445 g/mol. The first-order valence-corrected chi connectivity index (χ1v) is 9.25. The van der Waals surface area contributed by atoms with Gasteiger partial charge in [0.2, 0.25) is 5.82 Å². The fourth-order valence-corrected chi connectivity index (χ4v) is 3.40. The highest BCUT2D eigenvalue weighted by molar-refractivity contribution is 7.85. The molecule has 0 fully saturated rings. The van der Waals surface area contributed by atoms with E-state index in [-0.39, 0.29) is 11.8 Å². The highest BCUT2D eigenvalue weighted by Gasteiger charge is 2.32. The SMILES string of the molecule is O=C1NC(=O)c2cccc3cccc1c23.O=S(=O)(O)c1c(F)c(F)c(F)c(F)c1F. The van der Waals surface area contributed by atoms with Crippen LogP contribution in [0.15, 0.2) is 41.3 Å². The summed E-state index contributed by atoms with van der Waals surface area (Å²) in [5, 5.41) is 4.00. The van der Waals surface area contributed by atoms with Gasteiger partial charge in [0.25, 0.3) is 11.8 Å². The summed E-state index contributed by atoms with van der Waals surface area (Å²) in [5.74, 6) is -13.2. The molecule has 4 rings (SSSR count). The summed E-state index contributed by atoms with van der Waals surface area (Å²) < 4.78 is 91.3. The number of rotatable bonds is 1. The number of carbonyl (C=O) groups excluding carboxylic acids is 2. The molecule has 2 amide bonds. The molecule has 3 aromatic carbocycles. The Morgan fingerprint density at radius 3 is 1.50 bits per heavy atom. The van der Waals surface area contributed by atoms with E-state index in [2.05, 4.69) is 5.32 Å². The Morgan fingerprint density at radius 2 is 1.10 bits per heavy atom. The van der Waals surface area contributed by atoms with Crippen LogP contribution in [-0.4, -0.2) is 24.8 Å². The second kappa shape index (κ2) is 7.46. The van der Waals surface area contributed by atoms with Crippen LogP contribution in [0.25, 0.3) is 10.8 Å². The summed E-state index contributed by atoms with van der Waals surface area (Å²) in [5.41, 5.74) is 1.14. The van der Waals surface area contributed by atoms with Crippen molar-refractivity contribution in [3.05, 3.63) is 76.6 Å². The van der Waals surface area contributed by atoms with Crippen molar-refractivity contribution in [2.24, 2.45) is 0 Å². The quantitative estimate of drug-likeness (QED) is 0.197. The molecule has 156 valence electrons. The van der Waals surface area contributed by atoms with Crippen LogP contribution in [0.5, 0.6) is 0 Å². The molecule has 0 atom stereocenters. The van der Waals surface area contributed by atoms with E-state index in [0.29, 0.717) is 11.1 Å². The third-order valence-electron chi connectivity index (χ3n) is 4.05. The first-order valence-electron chi connectivity index (χ1n) is 7.81. The van der Waals surface area contributed by atoms with Gasteiger partial charge in [0.15, 0.2) is 28.2 Å². The molecular weight excluding hydrogens is 437 g/mol. The second-order valence-corrected chi connectivity index (χ2v) is 7.22. The molecule has 0 saturated carbocycles. The number of nitrogens with one attached hydrogen (secondary N) is 1. The standard InChI is InChI=1S/C12H7NO2.C6HF5O3S/c14-11-8-5-1-3-7-4-2-6-9(10(7)8)12(15)13-11;7-1-2(8)4(10)6(15(12,13)14)5(11)3(1)9/h1-6H,(H,13,14,15);(H,12,13,14). The van der Waals surface area contributed by atoms with Gasteiger partial charge in [-0.25, -0.2) is 22.0 Å². The molecule has 0 radical (unpaired) electrons. The van der Waals surface area contributed by atoms with Crippen molar-refractivity contribution in [3.63, 3.8) is 0 Å². The van der Waals surface area contributed by atoms with Crippen molar-refractivity contribution in [3.8, 4) is 0 Å². The number of halogens is 5. The van der Waals surface area contributed by atoms with Gasteiger partial charge in [0.1, 0.15) is 0 Å². The Bertz CT molecular complexity index is 1260. The Labute approximate surface area is 164 Å². The van der Waals surface area contributed by atoms with Crippen LogP contribution in [0.3, 0.4) is 0 Å². The maximum Gasteiger partial charge on any atom is 0.300 e. The van der Waals surface area contributed by atoms with Crippen molar-refractivity contribution in [1.29, 1.82) is 0 Å². The fraction of sp³-hybridized carbons (Fsp3) is 0. The third kappa shape index (κ3) is 3.50. The molecule has 0 unspecified atom stereocenters. The van der Waals surface area contributed by atoms with Gasteiger partial charge in [-0.2, -0.15) is 8.42 Å². The van der Waals surface area contributed by atoms with Crippen molar-refractivity contribution >= 4 is 32.7 Å². The molecule has 30 heavy (non-hydrogen) atoms. The van der Waals surface area contributed by atoms with Crippen LogP contribution >= 0.6 is 0 Å². The van der Waals surface area contributed by atoms with E-state index in [9.17, 15) is 40.0 Å². The van der Waals surface area contributed by atoms with E-state index in [1.165, 1.54) is 0 Å². The van der Waals surface area contributed by atoms with E-state index in [4.69, 9.17) is 4.55 Å². The lowest BCUT2D eigenvalue weighted by molar-refractivity contribution is 0.0845. The Morgan fingerprint density at radius 1 is 0.700 bits per heavy atom. The number of benzene rings is 3. The van der Waals surface area contributed by atoms with Crippen LogP contribution in [-0.2, 0) is 10.1 Å². The Hall–Kier alpha value is -3.38. The van der Waals surface area contributed by atoms with Crippen LogP contribution < -0.4 is 5.32 Å². The molecule has 0 aliphatic carbocycles. The van der Waals surface area contributed by atoms with Gasteiger partial charge in [0.05, 0.1) is 0 Å². The molecule has 3 aromatic rings. The molecule has 1 heterocycles. The highest BCUT2D eigenvalue weighted by Crippen LogP contribution is 2.27. The summed E-state index contributed by atoms with van der Waals surface area (Å²) >= 11 is 0. The lowest BCUT2D eigenvalue weighted by atomic mass is 9.95. The zero-order valence-corrected chi connectivity index (χ0v) is 15.2. The zero-order chi connectivity index (χ0) is 22.4.